The maximum Gasteiger partial charge on any atom is 0.0553 e. The van der Waals surface area contributed by atoms with E-state index in [1.165, 1.54) is 5.57 Å². The van der Waals surface area contributed by atoms with Crippen molar-refractivity contribution in [3.05, 3.63) is 11.6 Å². The van der Waals surface area contributed by atoms with Crippen LogP contribution in [0.1, 0.15) is 13.8 Å². The number of rotatable bonds is 5. The Kier molecular flexibility index (Phi) is 7.20. The zero-order chi connectivity index (χ0) is 7.82. The molecule has 0 spiro atoms. The number of hydrogen-bond donors (Lipinski definition) is 0. The normalized spacial score (nSPS) is 9.50. The second-order valence-electron chi connectivity index (χ2n) is 2.35. The molecule has 0 aliphatic rings. The van der Waals surface area contributed by atoms with Crippen LogP contribution in [0.15, 0.2) is 11.6 Å². The van der Waals surface area contributed by atoms with Crippen LogP contribution in [0.2, 0.25) is 0 Å². The van der Waals surface area contributed by atoms with E-state index in [-0.39, 0.29) is 0 Å². The smallest absolute Gasteiger partial charge is 0.0553 e. The summed E-state index contributed by atoms with van der Waals surface area (Å²) in [5.74, 6) is 2.21. The SMILES string of the molecule is COCCSCC=C(C)C. The van der Waals surface area contributed by atoms with Gasteiger partial charge in [-0.05, 0) is 13.8 Å². The van der Waals surface area contributed by atoms with Crippen molar-refractivity contribution in [1.29, 1.82) is 0 Å². The first-order chi connectivity index (χ1) is 4.77. The second-order valence-corrected chi connectivity index (χ2v) is 3.50. The molecule has 60 valence electrons. The maximum absolute atomic E-state index is 4.91. The molecule has 0 radical (unpaired) electrons. The molecule has 0 saturated carbocycles. The Morgan fingerprint density at radius 2 is 2.20 bits per heavy atom. The number of ether oxygens (including phenoxy) is 1. The Bertz CT molecular complexity index is 95.4. The minimum Gasteiger partial charge on any atom is -0.384 e. The predicted octanol–water partition coefficient (Wildman–Crippen LogP) is 2.33. The van der Waals surface area contributed by atoms with Crippen LogP contribution < -0.4 is 0 Å². The topological polar surface area (TPSA) is 9.23 Å². The first-order valence-corrected chi connectivity index (χ1v) is 4.63. The molecule has 0 fully saturated rings. The minimum absolute atomic E-state index is 0.862. The summed E-state index contributed by atoms with van der Waals surface area (Å²) in [7, 11) is 1.74. The van der Waals surface area contributed by atoms with Crippen molar-refractivity contribution < 1.29 is 4.74 Å². The van der Waals surface area contributed by atoms with Crippen molar-refractivity contribution in [2.45, 2.75) is 13.8 Å². The fourth-order valence-corrected chi connectivity index (χ4v) is 1.35. The Morgan fingerprint density at radius 3 is 2.70 bits per heavy atom. The van der Waals surface area contributed by atoms with Gasteiger partial charge in [-0.15, -0.1) is 0 Å². The highest BCUT2D eigenvalue weighted by atomic mass is 32.2. The fourth-order valence-electron chi connectivity index (χ4n) is 0.451. The van der Waals surface area contributed by atoms with Crippen LogP contribution in [-0.4, -0.2) is 25.2 Å². The lowest BCUT2D eigenvalue weighted by atomic mass is 10.3. The molecule has 0 aliphatic heterocycles. The molecule has 0 saturated heterocycles. The van der Waals surface area contributed by atoms with Gasteiger partial charge in [0.05, 0.1) is 6.61 Å². The van der Waals surface area contributed by atoms with Crippen molar-refractivity contribution in [3.63, 3.8) is 0 Å². The average molecular weight is 160 g/mol. The first kappa shape index (κ1) is 10.0. The minimum atomic E-state index is 0.862. The summed E-state index contributed by atoms with van der Waals surface area (Å²) in [6, 6.07) is 0. The van der Waals surface area contributed by atoms with Gasteiger partial charge in [0.2, 0.25) is 0 Å². The van der Waals surface area contributed by atoms with E-state index in [0.29, 0.717) is 0 Å². The van der Waals surface area contributed by atoms with Crippen LogP contribution >= 0.6 is 11.8 Å². The van der Waals surface area contributed by atoms with Gasteiger partial charge < -0.3 is 4.74 Å². The number of thioether (sulfide) groups is 1. The molecule has 0 aromatic carbocycles. The summed E-state index contributed by atoms with van der Waals surface area (Å²) in [6.07, 6.45) is 2.24. The van der Waals surface area contributed by atoms with Crippen molar-refractivity contribution in [3.8, 4) is 0 Å². The van der Waals surface area contributed by atoms with E-state index in [9.17, 15) is 0 Å². The van der Waals surface area contributed by atoms with E-state index in [2.05, 4.69) is 19.9 Å². The van der Waals surface area contributed by atoms with Crippen LogP contribution in [0.4, 0.5) is 0 Å². The van der Waals surface area contributed by atoms with E-state index in [1.807, 2.05) is 11.8 Å². The van der Waals surface area contributed by atoms with Crippen molar-refractivity contribution in [2.24, 2.45) is 0 Å². The van der Waals surface area contributed by atoms with Crippen molar-refractivity contribution in [2.75, 3.05) is 25.2 Å². The third-order valence-electron chi connectivity index (χ3n) is 1.04. The lowest BCUT2D eigenvalue weighted by Gasteiger charge is -1.96. The number of methoxy groups -OCH3 is 1. The van der Waals surface area contributed by atoms with E-state index < -0.39 is 0 Å². The van der Waals surface area contributed by atoms with Gasteiger partial charge in [0.15, 0.2) is 0 Å². The highest BCUT2D eigenvalue weighted by molar-refractivity contribution is 7.99. The van der Waals surface area contributed by atoms with E-state index >= 15 is 0 Å². The van der Waals surface area contributed by atoms with Gasteiger partial charge in [-0.25, -0.2) is 0 Å². The van der Waals surface area contributed by atoms with Crippen LogP contribution in [0.25, 0.3) is 0 Å². The summed E-state index contributed by atoms with van der Waals surface area (Å²) in [5.41, 5.74) is 1.39. The van der Waals surface area contributed by atoms with Gasteiger partial charge in [-0.1, -0.05) is 11.6 Å². The van der Waals surface area contributed by atoms with Crippen molar-refractivity contribution in [1.82, 2.24) is 0 Å². The Morgan fingerprint density at radius 1 is 1.50 bits per heavy atom. The summed E-state index contributed by atoms with van der Waals surface area (Å²) < 4.78 is 4.91. The highest BCUT2D eigenvalue weighted by Gasteiger charge is 1.84. The Labute approximate surface area is 67.8 Å². The van der Waals surface area contributed by atoms with E-state index in [0.717, 1.165) is 18.1 Å². The van der Waals surface area contributed by atoms with Gasteiger partial charge in [-0.3, -0.25) is 0 Å². The molecule has 0 unspecified atom stereocenters. The summed E-state index contributed by atoms with van der Waals surface area (Å²) >= 11 is 1.90. The summed E-state index contributed by atoms with van der Waals surface area (Å²) in [6.45, 7) is 5.11. The quantitative estimate of drug-likeness (QED) is 0.451. The molecular formula is C8H16OS. The molecule has 0 aliphatic carbocycles. The zero-order valence-corrected chi connectivity index (χ0v) is 7.83. The summed E-state index contributed by atoms with van der Waals surface area (Å²) in [4.78, 5) is 0. The van der Waals surface area contributed by atoms with Crippen LogP contribution in [0.5, 0.6) is 0 Å². The largest absolute Gasteiger partial charge is 0.384 e. The zero-order valence-electron chi connectivity index (χ0n) is 7.02. The van der Waals surface area contributed by atoms with Gasteiger partial charge in [0.25, 0.3) is 0 Å². The molecule has 0 bridgehead atoms. The third-order valence-corrected chi connectivity index (χ3v) is 1.90. The maximum atomic E-state index is 4.91. The number of allylic oxidation sites excluding steroid dienone is 1. The molecule has 0 aromatic heterocycles. The molecule has 1 nitrogen and oxygen atoms in total. The van der Waals surface area contributed by atoms with E-state index in [1.54, 1.807) is 7.11 Å². The van der Waals surface area contributed by atoms with Crippen molar-refractivity contribution >= 4 is 11.8 Å². The Hall–Kier alpha value is 0.0500. The molecule has 2 heteroatoms. The van der Waals surface area contributed by atoms with Gasteiger partial charge >= 0.3 is 0 Å². The lowest BCUT2D eigenvalue weighted by molar-refractivity contribution is 0.218. The van der Waals surface area contributed by atoms with Gasteiger partial charge in [0, 0.05) is 18.6 Å². The standard InChI is InChI=1S/C8H16OS/c1-8(2)4-6-10-7-5-9-3/h4H,5-7H2,1-3H3. The van der Waals surface area contributed by atoms with Crippen LogP contribution in [-0.2, 0) is 4.74 Å². The molecular weight excluding hydrogens is 144 g/mol. The molecule has 0 amide bonds. The van der Waals surface area contributed by atoms with Crippen LogP contribution in [0, 0.1) is 0 Å². The fraction of sp³-hybridized carbons (Fsp3) is 0.750. The third kappa shape index (κ3) is 8.05. The first-order valence-electron chi connectivity index (χ1n) is 3.47. The van der Waals surface area contributed by atoms with Gasteiger partial charge in [0.1, 0.15) is 0 Å². The number of hydrogen-bond acceptors (Lipinski definition) is 2. The average Bonchev–Trinajstić information content (AvgIpc) is 1.87. The predicted molar refractivity (Wildman–Crippen MR) is 48.6 cm³/mol. The molecule has 0 rings (SSSR count). The Balaban J connectivity index is 2.98. The van der Waals surface area contributed by atoms with E-state index in [4.69, 9.17) is 4.74 Å². The summed E-state index contributed by atoms with van der Waals surface area (Å²) in [5, 5.41) is 0. The second kappa shape index (κ2) is 7.16. The molecule has 0 aromatic rings. The molecule has 10 heavy (non-hydrogen) atoms. The molecule has 0 heterocycles. The monoisotopic (exact) mass is 160 g/mol. The van der Waals surface area contributed by atoms with Gasteiger partial charge in [-0.2, -0.15) is 11.8 Å². The van der Waals surface area contributed by atoms with Crippen LogP contribution in [0.3, 0.4) is 0 Å². The molecule has 0 atom stereocenters. The highest BCUT2D eigenvalue weighted by Crippen LogP contribution is 2.01. The molecule has 0 N–H and O–H groups in total. The lowest BCUT2D eigenvalue weighted by Crippen LogP contribution is -1.91.